The molecule has 0 amide bonds. The van der Waals surface area contributed by atoms with Crippen molar-refractivity contribution in [3.8, 4) is 23.1 Å². The number of methoxy groups -OCH3 is 1. The van der Waals surface area contributed by atoms with Gasteiger partial charge in [-0.05, 0) is 31.2 Å². The number of aromatic nitrogens is 3. The minimum absolute atomic E-state index is 0.152. The van der Waals surface area contributed by atoms with Crippen LogP contribution in [0.2, 0.25) is 0 Å². The summed E-state index contributed by atoms with van der Waals surface area (Å²) in [6.07, 6.45) is 1.60. The Balaban J connectivity index is 2.06. The number of carbonyl (C=O) groups is 1. The third-order valence-electron chi connectivity index (χ3n) is 3.80. The van der Waals surface area contributed by atoms with Crippen molar-refractivity contribution in [2.24, 2.45) is 0 Å². The molecule has 0 fully saturated rings. The number of benzene rings is 1. The summed E-state index contributed by atoms with van der Waals surface area (Å²) in [6.45, 7) is 1.82. The molecule has 0 saturated heterocycles. The van der Waals surface area contributed by atoms with E-state index in [2.05, 4.69) is 26.8 Å². The molecule has 0 saturated carbocycles. The van der Waals surface area contributed by atoms with Gasteiger partial charge in [-0.2, -0.15) is 0 Å². The van der Waals surface area contributed by atoms with Crippen molar-refractivity contribution in [1.29, 1.82) is 0 Å². The van der Waals surface area contributed by atoms with Gasteiger partial charge in [0.1, 0.15) is 5.82 Å². The monoisotopic (exact) mass is 359 g/mol. The Morgan fingerprint density at radius 2 is 1.78 bits per heavy atom. The van der Waals surface area contributed by atoms with Crippen LogP contribution in [0, 0.1) is 18.8 Å². The van der Waals surface area contributed by atoms with Gasteiger partial charge in [-0.3, -0.25) is 0 Å². The van der Waals surface area contributed by atoms with E-state index in [-0.39, 0.29) is 5.95 Å². The van der Waals surface area contributed by atoms with Crippen molar-refractivity contribution in [1.82, 2.24) is 15.0 Å². The molecule has 0 bridgehead atoms. The van der Waals surface area contributed by atoms with E-state index >= 15 is 0 Å². The van der Waals surface area contributed by atoms with E-state index in [1.54, 1.807) is 42.6 Å². The van der Waals surface area contributed by atoms with Gasteiger partial charge in [-0.15, -0.1) is 0 Å². The molecule has 0 spiro atoms. The van der Waals surface area contributed by atoms with E-state index in [0.29, 0.717) is 33.9 Å². The predicted molar refractivity (Wildman–Crippen MR) is 103 cm³/mol. The minimum atomic E-state index is -0.407. The SMILES string of the molecule is COC(=O)c1ccc(-c2nc(N)nc(C)c2C#Cc2ccc(N)nc2)cc1. The lowest BCUT2D eigenvalue weighted by molar-refractivity contribution is 0.0601. The number of aryl methyl sites for hydroxylation is 1. The van der Waals surface area contributed by atoms with E-state index < -0.39 is 5.97 Å². The lowest BCUT2D eigenvalue weighted by Crippen LogP contribution is -2.04. The number of anilines is 2. The number of esters is 1. The summed E-state index contributed by atoms with van der Waals surface area (Å²) >= 11 is 0. The number of rotatable bonds is 2. The quantitative estimate of drug-likeness (QED) is 0.532. The maximum Gasteiger partial charge on any atom is 0.337 e. The van der Waals surface area contributed by atoms with Crippen molar-refractivity contribution in [2.75, 3.05) is 18.6 Å². The van der Waals surface area contributed by atoms with Crippen molar-refractivity contribution in [3.63, 3.8) is 0 Å². The Labute approximate surface area is 156 Å². The first-order valence-corrected chi connectivity index (χ1v) is 8.04. The van der Waals surface area contributed by atoms with Crippen LogP contribution < -0.4 is 11.5 Å². The van der Waals surface area contributed by atoms with E-state index in [1.165, 1.54) is 7.11 Å². The van der Waals surface area contributed by atoms with Crippen LogP contribution in [0.15, 0.2) is 42.6 Å². The van der Waals surface area contributed by atoms with Gasteiger partial charge in [0.15, 0.2) is 0 Å². The molecule has 0 radical (unpaired) electrons. The number of nitrogen functional groups attached to an aromatic ring is 2. The Morgan fingerprint density at radius 1 is 1.04 bits per heavy atom. The molecule has 0 aliphatic carbocycles. The van der Waals surface area contributed by atoms with Gasteiger partial charge in [0.25, 0.3) is 0 Å². The molecule has 3 aromatic rings. The molecule has 3 rings (SSSR count). The summed E-state index contributed by atoms with van der Waals surface area (Å²) in [5, 5.41) is 0. The second kappa shape index (κ2) is 7.54. The molecule has 0 aliphatic rings. The number of nitrogens with two attached hydrogens (primary N) is 2. The minimum Gasteiger partial charge on any atom is -0.465 e. The molecular formula is C20H17N5O2. The van der Waals surface area contributed by atoms with Crippen molar-refractivity contribution in [3.05, 3.63) is 65.0 Å². The van der Waals surface area contributed by atoms with Gasteiger partial charge >= 0.3 is 5.97 Å². The van der Waals surface area contributed by atoms with Gasteiger partial charge in [-0.1, -0.05) is 24.0 Å². The van der Waals surface area contributed by atoms with E-state index in [0.717, 1.165) is 5.56 Å². The van der Waals surface area contributed by atoms with Crippen molar-refractivity contribution < 1.29 is 9.53 Å². The number of hydrogen-bond acceptors (Lipinski definition) is 7. The fraction of sp³-hybridized carbons (Fsp3) is 0.100. The first-order valence-electron chi connectivity index (χ1n) is 8.04. The number of pyridine rings is 1. The lowest BCUT2D eigenvalue weighted by Gasteiger charge is -2.08. The van der Waals surface area contributed by atoms with Crippen LogP contribution in [0.5, 0.6) is 0 Å². The highest BCUT2D eigenvalue weighted by Crippen LogP contribution is 2.24. The average molecular weight is 359 g/mol. The Hall–Kier alpha value is -3.92. The van der Waals surface area contributed by atoms with Crippen LogP contribution in [0.1, 0.15) is 27.2 Å². The second-order valence-electron chi connectivity index (χ2n) is 5.68. The number of ether oxygens (including phenoxy) is 1. The van der Waals surface area contributed by atoms with Crippen LogP contribution >= 0.6 is 0 Å². The van der Waals surface area contributed by atoms with Gasteiger partial charge in [-0.25, -0.2) is 19.7 Å². The fourth-order valence-corrected chi connectivity index (χ4v) is 2.45. The fourth-order valence-electron chi connectivity index (χ4n) is 2.45. The van der Waals surface area contributed by atoms with Crippen LogP contribution in [-0.4, -0.2) is 28.0 Å². The molecule has 2 heterocycles. The molecule has 0 aliphatic heterocycles. The maximum absolute atomic E-state index is 11.6. The largest absolute Gasteiger partial charge is 0.465 e. The van der Waals surface area contributed by atoms with E-state index in [9.17, 15) is 4.79 Å². The second-order valence-corrected chi connectivity index (χ2v) is 5.68. The topological polar surface area (TPSA) is 117 Å². The number of nitrogens with zero attached hydrogens (tertiary/aromatic N) is 3. The highest BCUT2D eigenvalue weighted by Gasteiger charge is 2.12. The zero-order valence-electron chi connectivity index (χ0n) is 14.9. The third-order valence-corrected chi connectivity index (χ3v) is 3.80. The molecule has 1 aromatic carbocycles. The average Bonchev–Trinajstić information content (AvgIpc) is 2.67. The van der Waals surface area contributed by atoms with Gasteiger partial charge in [0, 0.05) is 17.3 Å². The van der Waals surface area contributed by atoms with Gasteiger partial charge in [0.2, 0.25) is 5.95 Å². The molecule has 7 nitrogen and oxygen atoms in total. The zero-order chi connectivity index (χ0) is 19.4. The lowest BCUT2D eigenvalue weighted by atomic mass is 10.0. The molecule has 0 atom stereocenters. The smallest absolute Gasteiger partial charge is 0.337 e. The maximum atomic E-state index is 11.6. The third kappa shape index (κ3) is 4.02. The highest BCUT2D eigenvalue weighted by atomic mass is 16.5. The first kappa shape index (κ1) is 17.9. The summed E-state index contributed by atoms with van der Waals surface area (Å²) in [7, 11) is 1.34. The van der Waals surface area contributed by atoms with Gasteiger partial charge < -0.3 is 16.2 Å². The Morgan fingerprint density at radius 3 is 2.41 bits per heavy atom. The molecular weight excluding hydrogens is 342 g/mol. The first-order chi connectivity index (χ1) is 13.0. The summed E-state index contributed by atoms with van der Waals surface area (Å²) in [5.41, 5.74) is 15.2. The summed E-state index contributed by atoms with van der Waals surface area (Å²) < 4.78 is 4.72. The summed E-state index contributed by atoms with van der Waals surface area (Å²) in [4.78, 5) is 24.2. The summed E-state index contributed by atoms with van der Waals surface area (Å²) in [5.74, 6) is 6.30. The van der Waals surface area contributed by atoms with Crippen molar-refractivity contribution in [2.45, 2.75) is 6.92 Å². The standard InChI is InChI=1S/C20H17N5O2/c1-12-16(9-3-13-4-10-17(21)23-11-13)18(25-20(22)24-12)14-5-7-15(8-6-14)19(26)27-2/h4-8,10-11H,1-2H3,(H2,21,23)(H2,22,24,25). The van der Waals surface area contributed by atoms with E-state index in [4.69, 9.17) is 16.2 Å². The molecule has 0 unspecified atom stereocenters. The Kier molecular flexibility index (Phi) is 4.99. The summed E-state index contributed by atoms with van der Waals surface area (Å²) in [6, 6.07) is 10.3. The van der Waals surface area contributed by atoms with Gasteiger partial charge in [0.05, 0.1) is 29.6 Å². The Bertz CT molecular complexity index is 1050. The van der Waals surface area contributed by atoms with Crippen LogP contribution in [0.25, 0.3) is 11.3 Å². The van der Waals surface area contributed by atoms with E-state index in [1.807, 2.05) is 6.92 Å². The van der Waals surface area contributed by atoms with Crippen molar-refractivity contribution >= 4 is 17.7 Å². The molecule has 2 aromatic heterocycles. The molecule has 27 heavy (non-hydrogen) atoms. The molecule has 7 heteroatoms. The van der Waals surface area contributed by atoms with Crippen LogP contribution in [0.4, 0.5) is 11.8 Å². The normalized spacial score (nSPS) is 10.0. The molecule has 134 valence electrons. The number of hydrogen-bond donors (Lipinski definition) is 2. The predicted octanol–water partition coefficient (Wildman–Crippen LogP) is 2.20. The highest BCUT2D eigenvalue weighted by molar-refractivity contribution is 5.90. The number of carbonyl (C=O) groups excluding carboxylic acids is 1. The van der Waals surface area contributed by atoms with Crippen LogP contribution in [0.3, 0.4) is 0 Å². The zero-order valence-corrected chi connectivity index (χ0v) is 14.9. The molecule has 4 N–H and O–H groups in total. The van der Waals surface area contributed by atoms with Crippen LogP contribution in [-0.2, 0) is 4.74 Å².